The number of urea groups is 1. The van der Waals surface area contributed by atoms with Crippen molar-refractivity contribution in [3.63, 3.8) is 0 Å². The summed E-state index contributed by atoms with van der Waals surface area (Å²) in [6.45, 7) is 4.18. The summed E-state index contributed by atoms with van der Waals surface area (Å²) < 4.78 is 0. The zero-order valence-corrected chi connectivity index (χ0v) is 21.3. The van der Waals surface area contributed by atoms with Gasteiger partial charge in [0.15, 0.2) is 0 Å². The number of hydrogen-bond donors (Lipinski definition) is 2. The Hall–Kier alpha value is -1.30. The van der Waals surface area contributed by atoms with E-state index in [1.54, 1.807) is 0 Å². The number of nitrogens with one attached hydrogen (secondary N) is 1. The average molecular weight is 476 g/mol. The lowest BCUT2D eigenvalue weighted by Crippen LogP contribution is -2.60. The highest BCUT2D eigenvalue weighted by Crippen LogP contribution is 2.61. The predicted octanol–water partition coefficient (Wildman–Crippen LogP) is 4.49. The van der Waals surface area contributed by atoms with Crippen LogP contribution in [0.3, 0.4) is 0 Å². The Morgan fingerprint density at radius 2 is 1.70 bits per heavy atom. The summed E-state index contributed by atoms with van der Waals surface area (Å²) in [6.07, 6.45) is 8.77. The zero-order valence-electron chi connectivity index (χ0n) is 20.5. The maximum Gasteiger partial charge on any atom is 0.317 e. The summed E-state index contributed by atoms with van der Waals surface area (Å²) in [4.78, 5) is 17.5. The van der Waals surface area contributed by atoms with Crippen molar-refractivity contribution in [2.45, 2.75) is 63.5 Å². The molecule has 6 rings (SSSR count). The first kappa shape index (κ1) is 24.8. The third-order valence-electron chi connectivity index (χ3n) is 9.37. The fourth-order valence-electron chi connectivity index (χ4n) is 8.10. The molecule has 1 heterocycles. The van der Waals surface area contributed by atoms with Gasteiger partial charge >= 0.3 is 6.03 Å². The number of piperidine rings is 1. The summed E-state index contributed by atoms with van der Waals surface area (Å²) in [7, 11) is 4.08. The molecule has 4 saturated carbocycles. The van der Waals surface area contributed by atoms with E-state index in [1.807, 2.05) is 49.3 Å². The van der Waals surface area contributed by atoms with E-state index in [-0.39, 0.29) is 30.4 Å². The number of rotatable bonds is 5. The number of halogens is 1. The van der Waals surface area contributed by atoms with E-state index < -0.39 is 5.60 Å². The maximum atomic E-state index is 13.4. The van der Waals surface area contributed by atoms with Crippen molar-refractivity contribution in [1.82, 2.24) is 15.1 Å². The number of nitrogens with zero attached hydrogens (tertiary/aromatic N) is 2. The van der Waals surface area contributed by atoms with Gasteiger partial charge in [-0.25, -0.2) is 4.79 Å². The molecule has 0 aromatic heterocycles. The minimum absolute atomic E-state index is 0. The van der Waals surface area contributed by atoms with Gasteiger partial charge in [0.1, 0.15) is 0 Å². The number of carbonyl (C=O) groups is 1. The number of benzene rings is 1. The quantitative estimate of drug-likeness (QED) is 0.659. The van der Waals surface area contributed by atoms with Gasteiger partial charge in [-0.15, -0.1) is 12.4 Å². The normalized spacial score (nSPS) is 38.2. The molecule has 5 nitrogen and oxygen atoms in total. The smallest absolute Gasteiger partial charge is 0.317 e. The first-order valence-electron chi connectivity index (χ1n) is 12.8. The highest BCUT2D eigenvalue weighted by Gasteiger charge is 2.53. The molecular weight excluding hydrogens is 434 g/mol. The standard InChI is InChI=1S/C27H41N3O2.ClH/c1-19(26-14-20-11-21(15-26)13-22(12-20)16-26)28-25(31)30-10-9-27(32,23-7-5-4-6-8-23)24(18-30)17-29(2)3;/h4-8,19-22,24,32H,9-18H2,1-3H3,(H,28,31);1H. The van der Waals surface area contributed by atoms with Crippen molar-refractivity contribution < 1.29 is 9.90 Å². The van der Waals surface area contributed by atoms with Gasteiger partial charge in [-0.1, -0.05) is 30.3 Å². The SMILES string of the molecule is CC(NC(=O)N1CCC(O)(c2ccccc2)C(CN(C)C)C1)C12CC3CC(CC(C3)C1)C2.Cl. The van der Waals surface area contributed by atoms with Crippen LogP contribution in [0.25, 0.3) is 0 Å². The van der Waals surface area contributed by atoms with Crippen molar-refractivity contribution >= 4 is 18.4 Å². The van der Waals surface area contributed by atoms with Crippen LogP contribution in [0.15, 0.2) is 30.3 Å². The minimum Gasteiger partial charge on any atom is -0.385 e. The summed E-state index contributed by atoms with van der Waals surface area (Å²) in [6, 6.07) is 10.3. The van der Waals surface area contributed by atoms with E-state index in [4.69, 9.17) is 0 Å². The molecule has 3 unspecified atom stereocenters. The molecule has 0 radical (unpaired) electrons. The first-order valence-corrected chi connectivity index (χ1v) is 12.8. The molecule has 3 atom stereocenters. The predicted molar refractivity (Wildman–Crippen MR) is 134 cm³/mol. The molecule has 1 saturated heterocycles. The maximum absolute atomic E-state index is 13.4. The highest BCUT2D eigenvalue weighted by molar-refractivity contribution is 5.85. The van der Waals surface area contributed by atoms with Crippen LogP contribution in [0.5, 0.6) is 0 Å². The lowest BCUT2D eigenvalue weighted by Gasteiger charge is -2.59. The van der Waals surface area contributed by atoms with Crippen LogP contribution in [0.1, 0.15) is 57.4 Å². The zero-order chi connectivity index (χ0) is 22.5. The summed E-state index contributed by atoms with van der Waals surface area (Å²) in [5, 5.41) is 15.1. The van der Waals surface area contributed by atoms with Gasteiger partial charge in [0.2, 0.25) is 0 Å². The van der Waals surface area contributed by atoms with Gasteiger partial charge in [0, 0.05) is 31.6 Å². The Labute approximate surface area is 205 Å². The number of hydrogen-bond acceptors (Lipinski definition) is 3. The van der Waals surface area contributed by atoms with E-state index in [0.717, 1.165) is 29.9 Å². The van der Waals surface area contributed by atoms with E-state index in [0.29, 0.717) is 24.9 Å². The van der Waals surface area contributed by atoms with Crippen LogP contribution in [0.2, 0.25) is 0 Å². The molecule has 33 heavy (non-hydrogen) atoms. The Balaban J connectivity index is 0.00000259. The number of aliphatic hydroxyl groups is 1. The third kappa shape index (κ3) is 4.66. The topological polar surface area (TPSA) is 55.8 Å². The van der Waals surface area contributed by atoms with E-state index in [1.165, 1.54) is 38.5 Å². The third-order valence-corrected chi connectivity index (χ3v) is 9.37. The van der Waals surface area contributed by atoms with E-state index in [2.05, 4.69) is 17.1 Å². The number of amides is 2. The molecule has 4 aliphatic carbocycles. The lowest BCUT2D eigenvalue weighted by molar-refractivity contribution is -0.0799. The van der Waals surface area contributed by atoms with Crippen LogP contribution in [0, 0.1) is 29.1 Å². The van der Waals surface area contributed by atoms with Crippen molar-refractivity contribution in [2.75, 3.05) is 33.7 Å². The molecule has 1 aliphatic heterocycles. The van der Waals surface area contributed by atoms with Crippen LogP contribution in [0.4, 0.5) is 4.79 Å². The van der Waals surface area contributed by atoms with Gasteiger partial charge in [0.25, 0.3) is 0 Å². The van der Waals surface area contributed by atoms with Crippen LogP contribution < -0.4 is 5.32 Å². The van der Waals surface area contributed by atoms with Crippen LogP contribution in [-0.2, 0) is 5.60 Å². The van der Waals surface area contributed by atoms with Gasteiger partial charge in [-0.05, 0) is 94.7 Å². The van der Waals surface area contributed by atoms with Crippen LogP contribution in [-0.4, -0.2) is 60.7 Å². The summed E-state index contributed by atoms with van der Waals surface area (Å²) in [5.74, 6) is 2.65. The Bertz CT molecular complexity index is 797. The fraction of sp³-hybridized carbons (Fsp3) is 0.741. The van der Waals surface area contributed by atoms with Crippen molar-refractivity contribution in [2.24, 2.45) is 29.1 Å². The summed E-state index contributed by atoms with van der Waals surface area (Å²) in [5.41, 5.74) is 0.385. The molecule has 1 aromatic carbocycles. The molecule has 5 aliphatic rings. The molecule has 2 N–H and O–H groups in total. The van der Waals surface area contributed by atoms with Crippen molar-refractivity contribution in [3.8, 4) is 0 Å². The average Bonchev–Trinajstić information content (AvgIpc) is 2.74. The number of carbonyl (C=O) groups excluding carboxylic acids is 1. The molecule has 4 bridgehead atoms. The molecule has 5 fully saturated rings. The second kappa shape index (κ2) is 9.39. The number of likely N-dealkylation sites (tertiary alicyclic amines) is 1. The van der Waals surface area contributed by atoms with Gasteiger partial charge in [-0.2, -0.15) is 0 Å². The van der Waals surface area contributed by atoms with E-state index in [9.17, 15) is 9.90 Å². The van der Waals surface area contributed by atoms with Crippen molar-refractivity contribution in [3.05, 3.63) is 35.9 Å². The van der Waals surface area contributed by atoms with Crippen molar-refractivity contribution in [1.29, 1.82) is 0 Å². The second-order valence-electron chi connectivity index (χ2n) is 11.9. The molecule has 1 aromatic rings. The van der Waals surface area contributed by atoms with Gasteiger partial charge in [-0.3, -0.25) is 0 Å². The molecule has 0 spiro atoms. The Morgan fingerprint density at radius 3 is 2.24 bits per heavy atom. The monoisotopic (exact) mass is 475 g/mol. The lowest BCUT2D eigenvalue weighted by atomic mass is 9.48. The second-order valence-corrected chi connectivity index (χ2v) is 11.9. The molecule has 2 amide bonds. The first-order chi connectivity index (χ1) is 15.3. The highest BCUT2D eigenvalue weighted by atomic mass is 35.5. The van der Waals surface area contributed by atoms with Crippen LogP contribution >= 0.6 is 12.4 Å². The Morgan fingerprint density at radius 1 is 1.12 bits per heavy atom. The van der Waals surface area contributed by atoms with Gasteiger partial charge < -0.3 is 20.2 Å². The molecule has 6 heteroatoms. The molecular formula is C27H42ClN3O2. The largest absolute Gasteiger partial charge is 0.385 e. The summed E-state index contributed by atoms with van der Waals surface area (Å²) >= 11 is 0. The van der Waals surface area contributed by atoms with E-state index >= 15 is 0 Å². The molecule has 184 valence electrons. The Kier molecular flexibility index (Phi) is 7.06. The fourth-order valence-corrected chi connectivity index (χ4v) is 8.10. The minimum atomic E-state index is -0.895. The van der Waals surface area contributed by atoms with Gasteiger partial charge in [0.05, 0.1) is 5.60 Å².